The van der Waals surface area contributed by atoms with Crippen LogP contribution in [0.25, 0.3) is 0 Å². The van der Waals surface area contributed by atoms with Gasteiger partial charge in [0, 0.05) is 38.2 Å². The highest BCUT2D eigenvalue weighted by molar-refractivity contribution is 6.05. The Hall–Kier alpha value is -5.33. The summed E-state index contributed by atoms with van der Waals surface area (Å²) < 4.78 is 12.7. The summed E-state index contributed by atoms with van der Waals surface area (Å²) in [6.45, 7) is -0.214. The molecule has 51 heavy (non-hydrogen) atoms. The van der Waals surface area contributed by atoms with Gasteiger partial charge >= 0.3 is 53.7 Å². The number of esters is 6. The molecular formula is C33H42O18. The van der Waals surface area contributed by atoms with Crippen LogP contribution in [0.15, 0.2) is 47.6 Å². The highest BCUT2D eigenvalue weighted by atomic mass is 16.6. The van der Waals surface area contributed by atoms with E-state index >= 15 is 0 Å². The number of aliphatic hydroxyl groups is 3. The van der Waals surface area contributed by atoms with E-state index in [9.17, 15) is 43.2 Å². The SMILES string of the molecule is O=C(O)C/C(=C/CCCO)C1CC(=O)OC1=O.O=C(O)CC/C=C\CCO.O=C(O)CCC/C=C(/CO)C1CC(=O)OC1=O.O=C1C=CC(=O)O1. The van der Waals surface area contributed by atoms with Crippen molar-refractivity contribution in [1.82, 2.24) is 0 Å². The Labute approximate surface area is 291 Å². The molecule has 282 valence electrons. The minimum atomic E-state index is -1.06. The predicted octanol–water partition coefficient (Wildman–Crippen LogP) is 0.915. The lowest BCUT2D eigenvalue weighted by Gasteiger charge is -2.08. The van der Waals surface area contributed by atoms with Crippen molar-refractivity contribution in [2.75, 3.05) is 19.8 Å². The zero-order chi connectivity index (χ0) is 38.8. The van der Waals surface area contributed by atoms with E-state index in [1.165, 1.54) is 0 Å². The average molecular weight is 727 g/mol. The molecule has 2 fully saturated rings. The van der Waals surface area contributed by atoms with Crippen LogP contribution in [0.3, 0.4) is 0 Å². The van der Waals surface area contributed by atoms with Crippen molar-refractivity contribution in [3.8, 4) is 0 Å². The number of unbranched alkanes of at least 4 members (excludes halogenated alkanes) is 2. The molecule has 0 aromatic heterocycles. The van der Waals surface area contributed by atoms with Crippen molar-refractivity contribution in [1.29, 1.82) is 0 Å². The fourth-order valence-electron chi connectivity index (χ4n) is 4.08. The first kappa shape index (κ1) is 45.7. The van der Waals surface area contributed by atoms with Crippen molar-refractivity contribution in [2.24, 2.45) is 11.8 Å². The number of carboxylic acids is 3. The van der Waals surface area contributed by atoms with E-state index < -0.39 is 65.6 Å². The van der Waals surface area contributed by atoms with Crippen molar-refractivity contribution in [2.45, 2.75) is 70.6 Å². The van der Waals surface area contributed by atoms with Gasteiger partial charge in [-0.15, -0.1) is 0 Å². The summed E-state index contributed by atoms with van der Waals surface area (Å²) in [6, 6.07) is 0. The Kier molecular flexibility index (Phi) is 23.8. The van der Waals surface area contributed by atoms with Gasteiger partial charge in [0.15, 0.2) is 0 Å². The number of hydrogen-bond donors (Lipinski definition) is 6. The Morgan fingerprint density at radius 1 is 0.608 bits per heavy atom. The van der Waals surface area contributed by atoms with Gasteiger partial charge in [0.05, 0.1) is 37.7 Å². The molecule has 0 spiro atoms. The van der Waals surface area contributed by atoms with Gasteiger partial charge in [-0.2, -0.15) is 0 Å². The Morgan fingerprint density at radius 3 is 1.49 bits per heavy atom. The largest absolute Gasteiger partial charge is 0.481 e. The molecule has 0 aromatic rings. The summed E-state index contributed by atoms with van der Waals surface area (Å²) in [5, 5.41) is 51.4. The normalized spacial score (nSPS) is 18.2. The molecule has 3 aliphatic heterocycles. The predicted molar refractivity (Wildman–Crippen MR) is 170 cm³/mol. The number of rotatable bonds is 17. The smallest absolute Gasteiger partial charge is 0.338 e. The fraction of sp³-hybridized carbons (Fsp3) is 0.485. The van der Waals surface area contributed by atoms with Gasteiger partial charge in [0.1, 0.15) is 0 Å². The topological polar surface area (TPSA) is 303 Å². The molecule has 0 aromatic carbocycles. The Morgan fingerprint density at radius 2 is 1.10 bits per heavy atom. The quantitative estimate of drug-likeness (QED) is 0.0399. The number of carbonyl (C=O) groups excluding carboxylic acids is 6. The number of carbonyl (C=O) groups is 9. The minimum Gasteiger partial charge on any atom is -0.481 e. The third kappa shape index (κ3) is 22.1. The monoisotopic (exact) mass is 726 g/mol. The third-order valence-corrected chi connectivity index (χ3v) is 6.49. The first-order chi connectivity index (χ1) is 24.1. The van der Waals surface area contributed by atoms with Gasteiger partial charge in [-0.3, -0.25) is 33.6 Å². The van der Waals surface area contributed by atoms with Crippen molar-refractivity contribution in [3.05, 3.63) is 47.6 Å². The van der Waals surface area contributed by atoms with E-state index in [4.69, 9.17) is 30.6 Å². The number of hydrogen-bond acceptors (Lipinski definition) is 15. The first-order valence-electron chi connectivity index (χ1n) is 15.6. The number of cyclic esters (lactones) is 6. The van der Waals surface area contributed by atoms with Gasteiger partial charge in [-0.1, -0.05) is 24.3 Å². The Balaban J connectivity index is 0.000000689. The standard InChI is InChI=1S/2C11H14O6.C7H12O3.C4H2O3/c12-6-7(3-1-2-4-9(13)14)8-5-10(15)17-11(8)16;12-4-2-1-3-7(5-9(13)14)8-6-10(15)17-11(8)16;8-6-4-2-1-3-5-7(9)10;5-3-1-2-4(6)7-3/h2*3,8,12H,1-2,4-6H2,(H,13,14);1-2,8H,3-6H2,(H,9,10);1-2H/b2*7-3-;2-1-;. The molecule has 0 radical (unpaired) electrons. The van der Waals surface area contributed by atoms with Gasteiger partial charge in [0.25, 0.3) is 0 Å². The highest BCUT2D eigenvalue weighted by Gasteiger charge is 2.37. The maximum absolute atomic E-state index is 11.3. The van der Waals surface area contributed by atoms with E-state index in [-0.39, 0.29) is 51.9 Å². The van der Waals surface area contributed by atoms with E-state index in [2.05, 4.69) is 14.2 Å². The van der Waals surface area contributed by atoms with E-state index in [0.29, 0.717) is 49.7 Å². The van der Waals surface area contributed by atoms with Crippen molar-refractivity contribution in [3.63, 3.8) is 0 Å². The van der Waals surface area contributed by atoms with E-state index in [1.807, 2.05) is 0 Å². The van der Waals surface area contributed by atoms with Crippen LogP contribution >= 0.6 is 0 Å². The van der Waals surface area contributed by atoms with E-state index in [1.54, 1.807) is 24.3 Å². The number of ether oxygens (including phenoxy) is 3. The molecule has 0 bridgehead atoms. The second kappa shape index (κ2) is 26.5. The molecule has 0 saturated carbocycles. The molecule has 2 unspecified atom stereocenters. The molecule has 3 rings (SSSR count). The van der Waals surface area contributed by atoms with Crippen LogP contribution in [0.5, 0.6) is 0 Å². The van der Waals surface area contributed by atoms with Crippen LogP contribution in [0, 0.1) is 11.8 Å². The lowest BCUT2D eigenvalue weighted by Crippen LogP contribution is -2.13. The van der Waals surface area contributed by atoms with E-state index in [0.717, 1.165) is 12.2 Å². The summed E-state index contributed by atoms with van der Waals surface area (Å²) >= 11 is 0. The minimum absolute atomic E-state index is 0.00903. The third-order valence-electron chi connectivity index (χ3n) is 6.49. The lowest BCUT2D eigenvalue weighted by atomic mass is 9.93. The molecule has 3 heterocycles. The summed E-state index contributed by atoms with van der Waals surface area (Å²) in [7, 11) is 0. The summed E-state index contributed by atoms with van der Waals surface area (Å²) in [4.78, 5) is 95.1. The summed E-state index contributed by atoms with van der Waals surface area (Å²) in [5.74, 6) is -7.94. The van der Waals surface area contributed by atoms with Crippen LogP contribution in [-0.2, 0) is 57.4 Å². The van der Waals surface area contributed by atoms with Crippen LogP contribution in [0.1, 0.15) is 70.6 Å². The number of aliphatic hydroxyl groups excluding tert-OH is 3. The molecule has 6 N–H and O–H groups in total. The second-order valence-corrected chi connectivity index (χ2v) is 10.5. The van der Waals surface area contributed by atoms with Gasteiger partial charge in [0.2, 0.25) is 0 Å². The van der Waals surface area contributed by atoms with Crippen molar-refractivity contribution >= 4 is 53.7 Å². The molecule has 0 amide bonds. The van der Waals surface area contributed by atoms with Gasteiger partial charge < -0.3 is 44.8 Å². The molecular weight excluding hydrogens is 684 g/mol. The van der Waals surface area contributed by atoms with Crippen LogP contribution in [0.2, 0.25) is 0 Å². The highest BCUT2D eigenvalue weighted by Crippen LogP contribution is 2.27. The van der Waals surface area contributed by atoms with Gasteiger partial charge in [-0.05, 0) is 49.7 Å². The fourth-order valence-corrected chi connectivity index (χ4v) is 4.08. The zero-order valence-corrected chi connectivity index (χ0v) is 27.6. The molecule has 2 atom stereocenters. The molecule has 2 saturated heterocycles. The molecule has 18 nitrogen and oxygen atoms in total. The van der Waals surface area contributed by atoms with Gasteiger partial charge in [-0.25, -0.2) is 9.59 Å². The summed E-state index contributed by atoms with van der Waals surface area (Å²) in [6.07, 6.45) is 11.7. The average Bonchev–Trinajstić information content (AvgIpc) is 3.72. The second-order valence-electron chi connectivity index (χ2n) is 10.5. The molecule has 3 aliphatic rings. The lowest BCUT2D eigenvalue weighted by molar-refractivity contribution is -0.154. The number of allylic oxidation sites excluding steroid dienone is 3. The van der Waals surface area contributed by atoms with Crippen LogP contribution in [0.4, 0.5) is 0 Å². The Bertz CT molecular complexity index is 1350. The first-order valence-corrected chi connectivity index (χ1v) is 15.6. The van der Waals surface area contributed by atoms with Crippen LogP contribution < -0.4 is 0 Å². The number of carboxylic acid groups (broad SMARTS) is 3. The van der Waals surface area contributed by atoms with Crippen LogP contribution in [-0.4, -0.2) is 104 Å². The zero-order valence-electron chi connectivity index (χ0n) is 27.6. The maximum atomic E-state index is 11.3. The number of aliphatic carboxylic acids is 3. The van der Waals surface area contributed by atoms with Crippen molar-refractivity contribution < 1.29 is 88.0 Å². The molecule has 18 heteroatoms. The molecule has 0 aliphatic carbocycles. The summed E-state index contributed by atoms with van der Waals surface area (Å²) in [5.41, 5.74) is 0.799. The maximum Gasteiger partial charge on any atom is 0.338 e.